The molecule has 0 N–H and O–H groups in total. The lowest BCUT2D eigenvalue weighted by Gasteiger charge is -2.36. The topological polar surface area (TPSA) is 62.5 Å². The molecule has 1 saturated heterocycles. The van der Waals surface area contributed by atoms with Crippen molar-refractivity contribution in [3.05, 3.63) is 62.4 Å². The van der Waals surface area contributed by atoms with Crippen molar-refractivity contribution in [3.8, 4) is 0 Å². The number of halogens is 2. The number of rotatable bonds is 4. The second-order valence-electron chi connectivity index (χ2n) is 5.62. The standard InChI is InChI=1S/C16H16Cl2N4O2/c17-12-1-2-13(19-10-12)11-20-5-7-21(8-6-20)16-4-3-14(22(23)24)9-15(16)18/h1-4,9-10H,5-8,11H2. The summed E-state index contributed by atoms with van der Waals surface area (Å²) in [5, 5.41) is 11.8. The number of hydrogen-bond donors (Lipinski definition) is 0. The van der Waals surface area contributed by atoms with Gasteiger partial charge in [0.25, 0.3) is 5.69 Å². The van der Waals surface area contributed by atoms with E-state index in [-0.39, 0.29) is 5.69 Å². The Morgan fingerprint density at radius 3 is 2.46 bits per heavy atom. The predicted molar refractivity (Wildman–Crippen MR) is 94.8 cm³/mol. The lowest BCUT2D eigenvalue weighted by Crippen LogP contribution is -2.46. The molecule has 1 aromatic heterocycles. The maximum atomic E-state index is 10.8. The van der Waals surface area contributed by atoms with Gasteiger partial charge in [-0.15, -0.1) is 0 Å². The minimum Gasteiger partial charge on any atom is -0.368 e. The summed E-state index contributed by atoms with van der Waals surface area (Å²) in [6, 6.07) is 8.39. The molecule has 0 unspecified atom stereocenters. The maximum absolute atomic E-state index is 10.8. The van der Waals surface area contributed by atoms with E-state index in [1.807, 2.05) is 12.1 Å². The van der Waals surface area contributed by atoms with Gasteiger partial charge in [-0.2, -0.15) is 0 Å². The predicted octanol–water partition coefficient (Wildman–Crippen LogP) is 3.62. The molecule has 0 saturated carbocycles. The summed E-state index contributed by atoms with van der Waals surface area (Å²) in [7, 11) is 0. The zero-order valence-electron chi connectivity index (χ0n) is 12.9. The van der Waals surface area contributed by atoms with E-state index in [9.17, 15) is 10.1 Å². The molecule has 0 radical (unpaired) electrons. The van der Waals surface area contributed by atoms with Crippen LogP contribution in [0.1, 0.15) is 5.69 Å². The molecule has 126 valence electrons. The SMILES string of the molecule is O=[N+]([O-])c1ccc(N2CCN(Cc3ccc(Cl)cn3)CC2)c(Cl)c1. The van der Waals surface area contributed by atoms with Gasteiger partial charge in [0.15, 0.2) is 0 Å². The second kappa shape index (κ2) is 7.34. The Bertz CT molecular complexity index is 731. The van der Waals surface area contributed by atoms with Crippen LogP contribution in [0.4, 0.5) is 11.4 Å². The van der Waals surface area contributed by atoms with E-state index in [0.717, 1.165) is 44.1 Å². The molecule has 1 aliphatic rings. The molecule has 1 aromatic carbocycles. The normalized spacial score (nSPS) is 15.5. The molecule has 6 nitrogen and oxygen atoms in total. The van der Waals surface area contributed by atoms with Crippen molar-refractivity contribution in [1.82, 2.24) is 9.88 Å². The molecule has 3 rings (SSSR count). The highest BCUT2D eigenvalue weighted by Crippen LogP contribution is 2.30. The fraction of sp³-hybridized carbons (Fsp3) is 0.312. The Kier molecular flexibility index (Phi) is 5.18. The van der Waals surface area contributed by atoms with Crippen LogP contribution in [0.25, 0.3) is 0 Å². The average molecular weight is 367 g/mol. The van der Waals surface area contributed by atoms with Crippen LogP contribution in [0.2, 0.25) is 10.0 Å². The first-order chi connectivity index (χ1) is 11.5. The fourth-order valence-electron chi connectivity index (χ4n) is 2.74. The van der Waals surface area contributed by atoms with Gasteiger partial charge in [0.05, 0.1) is 26.3 Å². The summed E-state index contributed by atoms with van der Waals surface area (Å²) < 4.78 is 0. The summed E-state index contributed by atoms with van der Waals surface area (Å²) in [5.74, 6) is 0. The Balaban J connectivity index is 1.60. The lowest BCUT2D eigenvalue weighted by atomic mass is 10.2. The number of nitro groups is 1. The molecule has 2 heterocycles. The Labute approximate surface area is 149 Å². The van der Waals surface area contributed by atoms with Crippen LogP contribution < -0.4 is 4.90 Å². The number of aromatic nitrogens is 1. The van der Waals surface area contributed by atoms with Crippen LogP contribution in [0, 0.1) is 10.1 Å². The van der Waals surface area contributed by atoms with Crippen LogP contribution in [-0.2, 0) is 6.54 Å². The molecule has 8 heteroatoms. The summed E-state index contributed by atoms with van der Waals surface area (Å²) in [6.45, 7) is 4.14. The molecule has 0 amide bonds. The molecule has 0 atom stereocenters. The smallest absolute Gasteiger partial charge is 0.271 e. The first kappa shape index (κ1) is 17.0. The monoisotopic (exact) mass is 366 g/mol. The highest BCUT2D eigenvalue weighted by molar-refractivity contribution is 6.33. The van der Waals surface area contributed by atoms with Crippen LogP contribution in [0.5, 0.6) is 0 Å². The van der Waals surface area contributed by atoms with Gasteiger partial charge in [0, 0.05) is 51.1 Å². The van der Waals surface area contributed by atoms with E-state index in [0.29, 0.717) is 10.0 Å². The zero-order chi connectivity index (χ0) is 17.1. The molecule has 2 aromatic rings. The summed E-state index contributed by atoms with van der Waals surface area (Å²) in [4.78, 5) is 19.1. The van der Waals surface area contributed by atoms with Crippen LogP contribution in [0.15, 0.2) is 36.5 Å². The highest BCUT2D eigenvalue weighted by Gasteiger charge is 2.20. The number of nitro benzene ring substituents is 1. The third-order valence-corrected chi connectivity index (χ3v) is 4.56. The molecule has 24 heavy (non-hydrogen) atoms. The van der Waals surface area contributed by atoms with Crippen molar-refractivity contribution in [2.24, 2.45) is 0 Å². The number of benzene rings is 1. The van der Waals surface area contributed by atoms with Crippen molar-refractivity contribution in [2.45, 2.75) is 6.54 Å². The molecule has 0 aliphatic carbocycles. The van der Waals surface area contributed by atoms with Gasteiger partial charge in [0.1, 0.15) is 0 Å². The van der Waals surface area contributed by atoms with Crippen molar-refractivity contribution >= 4 is 34.6 Å². The van der Waals surface area contributed by atoms with Crippen LogP contribution in [0.3, 0.4) is 0 Å². The van der Waals surface area contributed by atoms with E-state index >= 15 is 0 Å². The number of non-ortho nitro benzene ring substituents is 1. The lowest BCUT2D eigenvalue weighted by molar-refractivity contribution is -0.384. The minimum absolute atomic E-state index is 0.0104. The zero-order valence-corrected chi connectivity index (χ0v) is 14.4. The number of anilines is 1. The van der Waals surface area contributed by atoms with E-state index in [1.165, 1.54) is 12.1 Å². The van der Waals surface area contributed by atoms with E-state index in [4.69, 9.17) is 23.2 Å². The first-order valence-electron chi connectivity index (χ1n) is 7.54. The molecule has 1 aliphatic heterocycles. The third-order valence-electron chi connectivity index (χ3n) is 4.03. The number of nitrogens with zero attached hydrogens (tertiary/aromatic N) is 4. The molecule has 0 bridgehead atoms. The molecular weight excluding hydrogens is 351 g/mol. The van der Waals surface area contributed by atoms with Crippen molar-refractivity contribution in [1.29, 1.82) is 0 Å². The summed E-state index contributed by atoms with van der Waals surface area (Å²) in [6.07, 6.45) is 1.66. The Morgan fingerprint density at radius 1 is 1.12 bits per heavy atom. The third kappa shape index (κ3) is 3.95. The number of hydrogen-bond acceptors (Lipinski definition) is 5. The van der Waals surface area contributed by atoms with Gasteiger partial charge in [0.2, 0.25) is 0 Å². The second-order valence-corrected chi connectivity index (χ2v) is 6.47. The van der Waals surface area contributed by atoms with Crippen molar-refractivity contribution in [3.63, 3.8) is 0 Å². The summed E-state index contributed by atoms with van der Waals surface area (Å²) in [5.41, 5.74) is 1.84. The van der Waals surface area contributed by atoms with Crippen molar-refractivity contribution < 1.29 is 4.92 Å². The van der Waals surface area contributed by atoms with Gasteiger partial charge in [-0.05, 0) is 18.2 Å². The van der Waals surface area contributed by atoms with Gasteiger partial charge in [-0.1, -0.05) is 23.2 Å². The van der Waals surface area contributed by atoms with E-state index in [1.54, 1.807) is 12.3 Å². The minimum atomic E-state index is -0.438. The molecule has 0 spiro atoms. The Hall–Kier alpha value is -1.89. The quantitative estimate of drug-likeness (QED) is 0.610. The van der Waals surface area contributed by atoms with Crippen LogP contribution in [-0.4, -0.2) is 41.0 Å². The summed E-state index contributed by atoms with van der Waals surface area (Å²) >= 11 is 12.1. The first-order valence-corrected chi connectivity index (χ1v) is 8.30. The van der Waals surface area contributed by atoms with Gasteiger partial charge in [-0.3, -0.25) is 20.0 Å². The van der Waals surface area contributed by atoms with E-state index in [2.05, 4.69) is 14.8 Å². The number of pyridine rings is 1. The van der Waals surface area contributed by atoms with Crippen LogP contribution >= 0.6 is 23.2 Å². The van der Waals surface area contributed by atoms with E-state index < -0.39 is 4.92 Å². The van der Waals surface area contributed by atoms with Gasteiger partial charge < -0.3 is 4.90 Å². The Morgan fingerprint density at radius 2 is 1.88 bits per heavy atom. The maximum Gasteiger partial charge on any atom is 0.271 e. The number of piperazine rings is 1. The highest BCUT2D eigenvalue weighted by atomic mass is 35.5. The van der Waals surface area contributed by atoms with Gasteiger partial charge >= 0.3 is 0 Å². The van der Waals surface area contributed by atoms with Crippen molar-refractivity contribution in [2.75, 3.05) is 31.1 Å². The fourth-order valence-corrected chi connectivity index (χ4v) is 3.15. The average Bonchev–Trinajstić information content (AvgIpc) is 2.58. The largest absolute Gasteiger partial charge is 0.368 e. The molecular formula is C16H16Cl2N4O2. The molecule has 1 fully saturated rings. The van der Waals surface area contributed by atoms with Gasteiger partial charge in [-0.25, -0.2) is 0 Å².